The second-order valence-corrected chi connectivity index (χ2v) is 11.9. The lowest BCUT2D eigenvalue weighted by molar-refractivity contribution is -0.164. The molecule has 3 aliphatic heterocycles. The molecule has 6 bridgehead atoms. The van der Waals surface area contributed by atoms with Crippen LogP contribution in [-0.4, -0.2) is 37.0 Å². The Morgan fingerprint density at radius 2 is 1.83 bits per heavy atom. The monoisotopic (exact) mass is 409 g/mol. The molecule has 0 N–H and O–H groups in total. The van der Waals surface area contributed by atoms with Gasteiger partial charge >= 0.3 is 0 Å². The Kier molecular flexibility index (Phi) is 4.47. The predicted octanol–water partition coefficient (Wildman–Crippen LogP) is 5.56. The summed E-state index contributed by atoms with van der Waals surface area (Å²) in [4.78, 5) is 16.6. The van der Waals surface area contributed by atoms with Crippen LogP contribution in [0.15, 0.2) is 30.3 Å². The molecule has 4 saturated carbocycles. The zero-order valence-corrected chi connectivity index (χ0v) is 18.3. The molecule has 7 fully saturated rings. The van der Waals surface area contributed by atoms with Crippen LogP contribution in [0.25, 0.3) is 0 Å². The zero-order valence-electron chi connectivity index (χ0n) is 18.3. The topological polar surface area (TPSA) is 20.3 Å². The number of rotatable bonds is 6. The third-order valence-corrected chi connectivity index (χ3v) is 10.0. The lowest BCUT2D eigenvalue weighted by Gasteiger charge is -2.66. The third-order valence-electron chi connectivity index (χ3n) is 10.0. The van der Waals surface area contributed by atoms with Crippen molar-refractivity contribution in [2.24, 2.45) is 28.6 Å². The summed E-state index contributed by atoms with van der Waals surface area (Å²) in [5.41, 5.74) is 1.38. The van der Waals surface area contributed by atoms with Gasteiger partial charge in [0.1, 0.15) is 5.78 Å². The summed E-state index contributed by atoms with van der Waals surface area (Å²) in [5.74, 6) is 2.48. The van der Waals surface area contributed by atoms with E-state index in [1.165, 1.54) is 37.9 Å². The van der Waals surface area contributed by atoms with E-state index >= 15 is 0 Å². The first kappa shape index (κ1) is 19.5. The molecule has 1 aromatic carbocycles. The molecule has 7 aliphatic rings. The van der Waals surface area contributed by atoms with Crippen LogP contribution in [-0.2, 0) is 10.2 Å². The Bertz CT molecular complexity index is 817. The molecular weight excluding hydrogens is 373 g/mol. The molecule has 3 saturated heterocycles. The molecule has 0 spiro atoms. The van der Waals surface area contributed by atoms with E-state index in [0.29, 0.717) is 24.0 Å². The van der Waals surface area contributed by atoms with E-state index < -0.39 is 0 Å². The van der Waals surface area contributed by atoms with Crippen LogP contribution in [0.2, 0.25) is 0 Å². The number of hydrogen-bond donors (Lipinski definition) is 0. The van der Waals surface area contributed by atoms with Crippen molar-refractivity contribution < 1.29 is 9.18 Å². The molecule has 2 nitrogen and oxygen atoms in total. The highest BCUT2D eigenvalue weighted by molar-refractivity contribution is 5.86. The number of fused-ring (bicyclic) bond motifs is 3. The minimum Gasteiger partial charge on any atom is -0.303 e. The maximum Gasteiger partial charge on any atom is 0.139 e. The van der Waals surface area contributed by atoms with Crippen LogP contribution in [0.5, 0.6) is 0 Å². The van der Waals surface area contributed by atoms with E-state index in [4.69, 9.17) is 0 Å². The maximum atomic E-state index is 14.0. The Labute approximate surface area is 180 Å². The van der Waals surface area contributed by atoms with E-state index in [-0.39, 0.29) is 22.9 Å². The number of piperidine rings is 3. The van der Waals surface area contributed by atoms with Gasteiger partial charge in [0.05, 0.1) is 6.67 Å². The van der Waals surface area contributed by atoms with E-state index in [9.17, 15) is 9.18 Å². The number of halogens is 1. The Hall–Kier alpha value is -1.22. The SMILES string of the molecule is O=C(C[C@@H]1CN2CCC1CC2)C12CC3C[C@@](CCF)(C1)C[C@](c1ccccc1)(C3)C2. The van der Waals surface area contributed by atoms with Gasteiger partial charge in [-0.1, -0.05) is 30.3 Å². The average Bonchev–Trinajstić information content (AvgIpc) is 2.74. The Morgan fingerprint density at radius 1 is 1.03 bits per heavy atom. The van der Waals surface area contributed by atoms with Gasteiger partial charge in [-0.3, -0.25) is 9.18 Å². The van der Waals surface area contributed by atoms with Gasteiger partial charge < -0.3 is 4.90 Å². The summed E-state index contributed by atoms with van der Waals surface area (Å²) < 4.78 is 13.7. The van der Waals surface area contributed by atoms with E-state index in [1.54, 1.807) is 0 Å². The number of Topliss-reactive ketones (excluding diaryl/α,β-unsaturated/α-hetero) is 1. The summed E-state index contributed by atoms with van der Waals surface area (Å²) in [6, 6.07) is 11.0. The second-order valence-electron chi connectivity index (χ2n) is 11.9. The standard InChI is InChI=1S/C27H36FNO/c28-9-8-25-13-20-14-26(17-25,23-4-2-1-3-5-23)19-27(15-20,18-25)24(30)12-22-16-29-10-6-21(22)7-11-29/h1-5,20-22H,6-19H2/t20?,22-,25-,26-,27?/m1/s1. The number of hydrogen-bond acceptors (Lipinski definition) is 2. The van der Waals surface area contributed by atoms with Crippen LogP contribution in [0.1, 0.15) is 69.8 Å². The highest BCUT2D eigenvalue weighted by atomic mass is 19.1. The van der Waals surface area contributed by atoms with Crippen LogP contribution >= 0.6 is 0 Å². The fourth-order valence-corrected chi connectivity index (χ4v) is 9.32. The summed E-state index contributed by atoms with van der Waals surface area (Å²) in [7, 11) is 0. The van der Waals surface area contributed by atoms with Crippen LogP contribution < -0.4 is 0 Å². The Morgan fingerprint density at radius 3 is 2.53 bits per heavy atom. The zero-order chi connectivity index (χ0) is 20.4. The third kappa shape index (κ3) is 2.94. The second kappa shape index (κ2) is 6.89. The lowest BCUT2D eigenvalue weighted by Crippen LogP contribution is -2.61. The van der Waals surface area contributed by atoms with Gasteiger partial charge in [-0.25, -0.2) is 0 Å². The smallest absolute Gasteiger partial charge is 0.139 e. The molecule has 3 heterocycles. The van der Waals surface area contributed by atoms with Crippen molar-refractivity contribution in [3.8, 4) is 0 Å². The first-order chi connectivity index (χ1) is 14.5. The fraction of sp³-hybridized carbons (Fsp3) is 0.741. The molecule has 0 radical (unpaired) electrons. The minimum absolute atomic E-state index is 0.0503. The Balaban J connectivity index is 1.33. The van der Waals surface area contributed by atoms with Crippen LogP contribution in [0.3, 0.4) is 0 Å². The molecule has 0 aromatic heterocycles. The minimum atomic E-state index is -0.235. The summed E-state index contributed by atoms with van der Waals surface area (Å²) in [5, 5.41) is 0. The van der Waals surface area contributed by atoms with E-state index in [1.807, 2.05) is 0 Å². The quantitative estimate of drug-likeness (QED) is 0.613. The van der Waals surface area contributed by atoms with Gasteiger partial charge in [0.15, 0.2) is 0 Å². The number of carbonyl (C=O) groups is 1. The van der Waals surface area contributed by atoms with E-state index in [0.717, 1.165) is 51.0 Å². The molecule has 4 aliphatic carbocycles. The summed E-state index contributed by atoms with van der Waals surface area (Å²) >= 11 is 0. The molecule has 8 rings (SSSR count). The number of benzene rings is 1. The van der Waals surface area contributed by atoms with Gasteiger partial charge in [0, 0.05) is 18.4 Å². The molecule has 2 unspecified atom stereocenters. The molecule has 3 heteroatoms. The van der Waals surface area contributed by atoms with Crippen molar-refractivity contribution in [2.75, 3.05) is 26.3 Å². The molecular formula is C27H36FNO. The summed E-state index contributed by atoms with van der Waals surface area (Å²) in [6.07, 6.45) is 10.5. The molecule has 0 amide bonds. The molecule has 1 aromatic rings. The summed E-state index contributed by atoms with van der Waals surface area (Å²) in [6.45, 7) is 3.37. The van der Waals surface area contributed by atoms with Crippen molar-refractivity contribution in [2.45, 2.75) is 69.6 Å². The first-order valence-corrected chi connectivity index (χ1v) is 12.4. The maximum absolute atomic E-state index is 14.0. The number of ketones is 1. The van der Waals surface area contributed by atoms with Crippen molar-refractivity contribution in [3.05, 3.63) is 35.9 Å². The van der Waals surface area contributed by atoms with Gasteiger partial charge in [-0.15, -0.1) is 0 Å². The normalized spacial score (nSPS) is 46.3. The lowest BCUT2D eigenvalue weighted by atomic mass is 9.37. The van der Waals surface area contributed by atoms with Crippen molar-refractivity contribution in [3.63, 3.8) is 0 Å². The van der Waals surface area contributed by atoms with Gasteiger partial charge in [-0.05, 0) is 105 Å². The van der Waals surface area contributed by atoms with Crippen molar-refractivity contribution >= 4 is 5.78 Å². The highest BCUT2D eigenvalue weighted by Crippen LogP contribution is 2.71. The van der Waals surface area contributed by atoms with Crippen LogP contribution in [0.4, 0.5) is 4.39 Å². The average molecular weight is 410 g/mol. The van der Waals surface area contributed by atoms with Gasteiger partial charge in [-0.2, -0.15) is 0 Å². The first-order valence-electron chi connectivity index (χ1n) is 12.4. The van der Waals surface area contributed by atoms with Gasteiger partial charge in [0.2, 0.25) is 0 Å². The van der Waals surface area contributed by atoms with E-state index in [2.05, 4.69) is 35.2 Å². The predicted molar refractivity (Wildman–Crippen MR) is 117 cm³/mol. The van der Waals surface area contributed by atoms with Crippen molar-refractivity contribution in [1.82, 2.24) is 4.90 Å². The highest BCUT2D eigenvalue weighted by Gasteiger charge is 2.65. The van der Waals surface area contributed by atoms with Gasteiger partial charge in [0.25, 0.3) is 0 Å². The molecule has 5 atom stereocenters. The number of nitrogens with zero attached hydrogens (tertiary/aromatic N) is 1. The van der Waals surface area contributed by atoms with Crippen molar-refractivity contribution in [1.29, 1.82) is 0 Å². The largest absolute Gasteiger partial charge is 0.303 e. The van der Waals surface area contributed by atoms with Crippen LogP contribution in [0, 0.1) is 28.6 Å². The number of alkyl halides is 1. The molecule has 30 heavy (non-hydrogen) atoms. The molecule has 162 valence electrons. The fourth-order valence-electron chi connectivity index (χ4n) is 9.32. The number of carbonyl (C=O) groups excluding carboxylic acids is 1.